The van der Waals surface area contributed by atoms with Crippen LogP contribution in [0.3, 0.4) is 0 Å². The molecule has 1 unspecified atom stereocenters. The molecule has 3 nitrogen and oxygen atoms in total. The first-order valence-corrected chi connectivity index (χ1v) is 7.48. The molecule has 21 heavy (non-hydrogen) atoms. The van der Waals surface area contributed by atoms with Crippen LogP contribution in [0.15, 0.2) is 47.9 Å². The van der Waals surface area contributed by atoms with Gasteiger partial charge in [-0.3, -0.25) is 4.79 Å². The number of likely N-dealkylation sites (tertiary alicyclic amines) is 1. The number of thioether (sulfide) groups is 1. The van der Waals surface area contributed by atoms with Gasteiger partial charge < -0.3 is 10.0 Å². The van der Waals surface area contributed by atoms with Crippen LogP contribution in [0.1, 0.15) is 19.3 Å². The molecule has 0 aromatic heterocycles. The van der Waals surface area contributed by atoms with Crippen LogP contribution in [0.4, 0.5) is 8.78 Å². The van der Waals surface area contributed by atoms with E-state index in [9.17, 15) is 18.7 Å². The standard InChI is InChI=1S/C15H17F2NO2S/c1-2-3-11-18-13(19)9-10-14(18,20)15(16,17)21-12-7-5-4-6-8-12/h2,4-8,20H,1,3,9-11H2. The van der Waals surface area contributed by atoms with Crippen molar-refractivity contribution >= 4 is 17.7 Å². The summed E-state index contributed by atoms with van der Waals surface area (Å²) >= 11 is 0.278. The van der Waals surface area contributed by atoms with Crippen molar-refractivity contribution in [1.29, 1.82) is 0 Å². The van der Waals surface area contributed by atoms with Crippen molar-refractivity contribution in [3.8, 4) is 0 Å². The Bertz CT molecular complexity index is 524. The summed E-state index contributed by atoms with van der Waals surface area (Å²) in [4.78, 5) is 13.0. The molecule has 2 rings (SSSR count). The Hall–Kier alpha value is -1.40. The molecule has 1 aliphatic heterocycles. The highest BCUT2D eigenvalue weighted by Crippen LogP contribution is 2.49. The average molecular weight is 313 g/mol. The van der Waals surface area contributed by atoms with Gasteiger partial charge in [-0.05, 0) is 30.3 Å². The van der Waals surface area contributed by atoms with Crippen molar-refractivity contribution in [2.45, 2.75) is 35.1 Å². The van der Waals surface area contributed by atoms with Gasteiger partial charge in [0, 0.05) is 24.3 Å². The molecule has 1 saturated heterocycles. The SMILES string of the molecule is C=CCCN1C(=O)CCC1(O)C(F)(F)Sc1ccccc1. The molecule has 1 N–H and O–H groups in total. The molecule has 1 aliphatic rings. The van der Waals surface area contributed by atoms with Crippen LogP contribution in [0, 0.1) is 0 Å². The summed E-state index contributed by atoms with van der Waals surface area (Å²) in [5, 5.41) is 6.95. The van der Waals surface area contributed by atoms with E-state index in [1.165, 1.54) is 6.08 Å². The van der Waals surface area contributed by atoms with Crippen LogP contribution in [-0.4, -0.2) is 33.4 Å². The maximum absolute atomic E-state index is 14.5. The molecule has 1 aromatic rings. The lowest BCUT2D eigenvalue weighted by Crippen LogP contribution is -2.56. The summed E-state index contributed by atoms with van der Waals surface area (Å²) in [6.07, 6.45) is 1.56. The number of carbonyl (C=O) groups is 1. The molecule has 0 aliphatic carbocycles. The van der Waals surface area contributed by atoms with Gasteiger partial charge in [-0.2, -0.15) is 8.78 Å². The first-order chi connectivity index (χ1) is 9.90. The van der Waals surface area contributed by atoms with Gasteiger partial charge >= 0.3 is 5.25 Å². The number of hydrogen-bond donors (Lipinski definition) is 1. The lowest BCUT2D eigenvalue weighted by atomic mass is 10.1. The molecule has 0 radical (unpaired) electrons. The van der Waals surface area contributed by atoms with Crippen molar-refractivity contribution in [1.82, 2.24) is 4.90 Å². The van der Waals surface area contributed by atoms with Crippen molar-refractivity contribution in [2.24, 2.45) is 0 Å². The van der Waals surface area contributed by atoms with E-state index in [1.807, 2.05) is 0 Å². The number of hydrogen-bond acceptors (Lipinski definition) is 3. The topological polar surface area (TPSA) is 40.5 Å². The summed E-state index contributed by atoms with van der Waals surface area (Å²) in [7, 11) is 0. The molecule has 1 atom stereocenters. The van der Waals surface area contributed by atoms with Crippen LogP contribution in [0.5, 0.6) is 0 Å². The lowest BCUT2D eigenvalue weighted by Gasteiger charge is -2.38. The summed E-state index contributed by atoms with van der Waals surface area (Å²) in [5.74, 6) is -0.451. The van der Waals surface area contributed by atoms with Gasteiger partial charge in [0.1, 0.15) is 0 Å². The van der Waals surface area contributed by atoms with Gasteiger partial charge in [-0.1, -0.05) is 24.3 Å². The summed E-state index contributed by atoms with van der Waals surface area (Å²) < 4.78 is 29.1. The van der Waals surface area contributed by atoms with E-state index in [4.69, 9.17) is 0 Å². The summed E-state index contributed by atoms with van der Waals surface area (Å²) in [6.45, 7) is 3.56. The zero-order valence-electron chi connectivity index (χ0n) is 11.5. The third kappa shape index (κ3) is 3.11. The van der Waals surface area contributed by atoms with E-state index in [2.05, 4.69) is 6.58 Å². The normalized spacial score (nSPS) is 22.6. The molecule has 1 fully saturated rings. The Labute approximate surface area is 126 Å². The highest BCUT2D eigenvalue weighted by atomic mass is 32.2. The maximum Gasteiger partial charge on any atom is 0.344 e. The van der Waals surface area contributed by atoms with Crippen molar-refractivity contribution < 1.29 is 18.7 Å². The fraction of sp³-hybridized carbons (Fsp3) is 0.400. The number of alkyl halides is 2. The average Bonchev–Trinajstić information content (AvgIpc) is 2.74. The molecule has 1 amide bonds. The third-order valence-corrected chi connectivity index (χ3v) is 4.54. The molecule has 1 heterocycles. The number of amides is 1. The van der Waals surface area contributed by atoms with E-state index >= 15 is 0 Å². The number of carbonyl (C=O) groups excluding carboxylic acids is 1. The van der Waals surface area contributed by atoms with Crippen molar-refractivity contribution in [3.63, 3.8) is 0 Å². The van der Waals surface area contributed by atoms with Gasteiger partial charge in [0.15, 0.2) is 0 Å². The van der Waals surface area contributed by atoms with Gasteiger partial charge in [-0.25, -0.2) is 0 Å². The highest BCUT2D eigenvalue weighted by molar-refractivity contribution is 8.00. The van der Waals surface area contributed by atoms with Crippen LogP contribution in [-0.2, 0) is 4.79 Å². The summed E-state index contributed by atoms with van der Waals surface area (Å²) in [6, 6.07) is 8.13. The van der Waals surface area contributed by atoms with E-state index in [0.29, 0.717) is 11.3 Å². The summed E-state index contributed by atoms with van der Waals surface area (Å²) in [5.41, 5.74) is -2.45. The largest absolute Gasteiger partial charge is 0.365 e. The zero-order valence-corrected chi connectivity index (χ0v) is 12.3. The van der Waals surface area contributed by atoms with E-state index < -0.39 is 16.9 Å². The van der Waals surface area contributed by atoms with Gasteiger partial charge in [0.05, 0.1) is 0 Å². The van der Waals surface area contributed by atoms with E-state index in [1.54, 1.807) is 30.3 Å². The van der Waals surface area contributed by atoms with Crippen molar-refractivity contribution in [3.05, 3.63) is 43.0 Å². The minimum atomic E-state index is -3.48. The zero-order chi connectivity index (χ0) is 15.5. The van der Waals surface area contributed by atoms with E-state index in [0.717, 1.165) is 4.90 Å². The second-order valence-corrected chi connectivity index (χ2v) is 6.06. The fourth-order valence-electron chi connectivity index (χ4n) is 2.31. The minimum Gasteiger partial charge on any atom is -0.365 e. The van der Waals surface area contributed by atoms with Gasteiger partial charge in [-0.15, -0.1) is 6.58 Å². The Morgan fingerprint density at radius 2 is 2.10 bits per heavy atom. The number of rotatable bonds is 6. The number of aliphatic hydroxyl groups is 1. The van der Waals surface area contributed by atoms with E-state index in [-0.39, 0.29) is 31.1 Å². The third-order valence-electron chi connectivity index (χ3n) is 3.45. The molecular weight excluding hydrogens is 296 g/mol. The van der Waals surface area contributed by atoms with Crippen LogP contribution in [0.2, 0.25) is 0 Å². The highest BCUT2D eigenvalue weighted by Gasteiger charge is 2.61. The van der Waals surface area contributed by atoms with Crippen LogP contribution < -0.4 is 0 Å². The molecule has 6 heteroatoms. The molecule has 0 spiro atoms. The number of nitrogens with zero attached hydrogens (tertiary/aromatic N) is 1. The second-order valence-electron chi connectivity index (χ2n) is 4.87. The molecule has 1 aromatic carbocycles. The van der Waals surface area contributed by atoms with Crippen LogP contribution in [0.25, 0.3) is 0 Å². The molecule has 114 valence electrons. The maximum atomic E-state index is 14.5. The number of halogens is 2. The second kappa shape index (κ2) is 6.15. The predicted molar refractivity (Wildman–Crippen MR) is 78.0 cm³/mol. The molecule has 0 bridgehead atoms. The lowest BCUT2D eigenvalue weighted by molar-refractivity contribution is -0.198. The monoisotopic (exact) mass is 313 g/mol. The fourth-order valence-corrected chi connectivity index (χ4v) is 3.27. The Balaban J connectivity index is 2.23. The van der Waals surface area contributed by atoms with Crippen molar-refractivity contribution in [2.75, 3.05) is 6.54 Å². The number of benzene rings is 1. The Morgan fingerprint density at radius 1 is 1.43 bits per heavy atom. The quantitative estimate of drug-likeness (QED) is 0.647. The Morgan fingerprint density at radius 3 is 2.71 bits per heavy atom. The molecule has 0 saturated carbocycles. The first kappa shape index (κ1) is 16.0. The van der Waals surface area contributed by atoms with Gasteiger partial charge in [0.25, 0.3) is 0 Å². The first-order valence-electron chi connectivity index (χ1n) is 6.66. The molecular formula is C15H17F2NO2S. The van der Waals surface area contributed by atoms with Crippen LogP contribution >= 0.6 is 11.8 Å². The predicted octanol–water partition coefficient (Wildman–Crippen LogP) is 3.26. The minimum absolute atomic E-state index is 0.0454. The van der Waals surface area contributed by atoms with Gasteiger partial charge in [0.2, 0.25) is 11.6 Å². The smallest absolute Gasteiger partial charge is 0.344 e. The Kier molecular flexibility index (Phi) is 4.68.